The van der Waals surface area contributed by atoms with Crippen LogP contribution < -0.4 is 10.1 Å². The molecule has 3 rings (SSSR count). The highest BCUT2D eigenvalue weighted by Gasteiger charge is 2.13. The molecule has 1 amide bonds. The first-order chi connectivity index (χ1) is 14.9. The molecule has 0 spiro atoms. The molecule has 0 aliphatic heterocycles. The summed E-state index contributed by atoms with van der Waals surface area (Å²) >= 11 is 5.57. The first kappa shape index (κ1) is 22.8. The van der Waals surface area contributed by atoms with Crippen molar-refractivity contribution in [2.45, 2.75) is 6.61 Å². The fourth-order valence-electron chi connectivity index (χ4n) is 2.60. The van der Waals surface area contributed by atoms with Gasteiger partial charge in [-0.2, -0.15) is 5.26 Å². The molecule has 0 fully saturated rings. The lowest BCUT2D eigenvalue weighted by molar-refractivity contribution is -0.112. The second-order valence-electron chi connectivity index (χ2n) is 6.40. The Morgan fingerprint density at radius 1 is 1.19 bits per heavy atom. The van der Waals surface area contributed by atoms with Crippen LogP contribution in [0.5, 0.6) is 11.5 Å². The topological polar surface area (TPSA) is 82.3 Å². The molecule has 31 heavy (non-hydrogen) atoms. The molecule has 0 aromatic heterocycles. The van der Waals surface area contributed by atoms with E-state index in [1.54, 1.807) is 24.3 Å². The molecule has 0 atom stereocenters. The second kappa shape index (κ2) is 10.4. The number of nitriles is 1. The molecule has 0 radical (unpaired) electrons. The van der Waals surface area contributed by atoms with E-state index >= 15 is 0 Å². The minimum atomic E-state index is -0.559. The predicted octanol–water partition coefficient (Wildman–Crippen LogP) is 6.02. The number of anilines is 1. The molecule has 0 heterocycles. The van der Waals surface area contributed by atoms with Crippen LogP contribution in [0.4, 0.5) is 10.1 Å². The smallest absolute Gasteiger partial charge is 0.266 e. The van der Waals surface area contributed by atoms with Gasteiger partial charge in [-0.3, -0.25) is 4.79 Å². The van der Waals surface area contributed by atoms with Crippen LogP contribution >= 0.6 is 38.5 Å². The Balaban J connectivity index is 1.76. The molecule has 2 N–H and O–H groups in total. The molecule has 3 aromatic carbocycles. The predicted molar refractivity (Wildman–Crippen MR) is 128 cm³/mol. The summed E-state index contributed by atoms with van der Waals surface area (Å²) in [6.45, 7) is 0.266. The van der Waals surface area contributed by atoms with Gasteiger partial charge in [0.25, 0.3) is 5.91 Å². The third-order valence-electron chi connectivity index (χ3n) is 4.12. The van der Waals surface area contributed by atoms with Crippen molar-refractivity contribution in [1.29, 1.82) is 5.26 Å². The summed E-state index contributed by atoms with van der Waals surface area (Å²) in [5.41, 5.74) is 1.86. The molecular formula is C23H15BrFIN2O3. The third-order valence-corrected chi connectivity index (χ3v) is 5.51. The van der Waals surface area contributed by atoms with Crippen molar-refractivity contribution in [2.75, 3.05) is 5.32 Å². The zero-order valence-corrected chi connectivity index (χ0v) is 19.6. The van der Waals surface area contributed by atoms with E-state index in [4.69, 9.17) is 4.74 Å². The summed E-state index contributed by atoms with van der Waals surface area (Å²) in [6.07, 6.45) is 1.48. The van der Waals surface area contributed by atoms with Crippen molar-refractivity contribution in [3.63, 3.8) is 0 Å². The Hall–Kier alpha value is -2.90. The average molecular weight is 593 g/mol. The second-order valence-corrected chi connectivity index (χ2v) is 8.42. The minimum absolute atomic E-state index is 0.0734. The van der Waals surface area contributed by atoms with E-state index in [0.29, 0.717) is 21.5 Å². The number of nitrogens with one attached hydrogen (secondary N) is 1. The van der Waals surface area contributed by atoms with Crippen LogP contribution in [-0.2, 0) is 11.4 Å². The normalized spacial score (nSPS) is 11.0. The van der Waals surface area contributed by atoms with E-state index in [1.165, 1.54) is 42.5 Å². The minimum Gasteiger partial charge on any atom is -0.508 e. The van der Waals surface area contributed by atoms with Crippen LogP contribution in [0.15, 0.2) is 70.7 Å². The van der Waals surface area contributed by atoms with Crippen molar-refractivity contribution < 1.29 is 19.0 Å². The number of hydrogen-bond acceptors (Lipinski definition) is 4. The van der Waals surface area contributed by atoms with Gasteiger partial charge in [-0.25, -0.2) is 4.39 Å². The highest BCUT2D eigenvalue weighted by Crippen LogP contribution is 2.33. The van der Waals surface area contributed by atoms with Gasteiger partial charge < -0.3 is 15.2 Å². The monoisotopic (exact) mass is 592 g/mol. The number of carbonyl (C=O) groups is 1. The Kier molecular flexibility index (Phi) is 7.65. The number of ether oxygens (including phenoxy) is 1. The first-order valence-electron chi connectivity index (χ1n) is 8.94. The zero-order chi connectivity index (χ0) is 22.4. The number of carbonyl (C=O) groups excluding carboxylic acids is 1. The van der Waals surface area contributed by atoms with E-state index in [2.05, 4.69) is 43.8 Å². The van der Waals surface area contributed by atoms with Crippen molar-refractivity contribution in [3.05, 3.63) is 91.2 Å². The van der Waals surface area contributed by atoms with Crippen molar-refractivity contribution in [3.8, 4) is 17.6 Å². The Labute approximate surface area is 200 Å². The van der Waals surface area contributed by atoms with Crippen molar-refractivity contribution in [1.82, 2.24) is 0 Å². The maximum absolute atomic E-state index is 13.0. The summed E-state index contributed by atoms with van der Waals surface area (Å²) in [4.78, 5) is 12.4. The van der Waals surface area contributed by atoms with E-state index in [0.717, 1.165) is 9.13 Å². The number of amides is 1. The average Bonchev–Trinajstić information content (AvgIpc) is 2.74. The standard InChI is InChI=1S/C23H15BrFIN2O3/c24-20-10-15(9-16(12-27)23(30)28-18-5-7-19(29)8-6-18)11-21(26)22(20)31-13-14-1-3-17(25)4-2-14/h1-11,29H,13H2,(H,28,30)/b16-9+. The fraction of sp³-hybridized carbons (Fsp3) is 0.0435. The van der Waals surface area contributed by atoms with Crippen LogP contribution in [-0.4, -0.2) is 11.0 Å². The number of aromatic hydroxyl groups is 1. The molecule has 0 saturated heterocycles. The molecule has 0 aliphatic carbocycles. The first-order valence-corrected chi connectivity index (χ1v) is 10.8. The van der Waals surface area contributed by atoms with Gasteiger partial charge in [0.05, 0.1) is 8.04 Å². The zero-order valence-electron chi connectivity index (χ0n) is 15.9. The molecule has 0 unspecified atom stereocenters. The third kappa shape index (κ3) is 6.29. The van der Waals surface area contributed by atoms with Gasteiger partial charge in [-0.15, -0.1) is 0 Å². The Morgan fingerprint density at radius 2 is 1.87 bits per heavy atom. The van der Waals surface area contributed by atoms with Gasteiger partial charge in [0.15, 0.2) is 0 Å². The summed E-state index contributed by atoms with van der Waals surface area (Å²) in [6, 6.07) is 17.4. The highest BCUT2D eigenvalue weighted by atomic mass is 127. The van der Waals surface area contributed by atoms with Gasteiger partial charge in [-0.05, 0) is 104 Å². The number of benzene rings is 3. The van der Waals surface area contributed by atoms with Crippen LogP contribution in [0.2, 0.25) is 0 Å². The van der Waals surface area contributed by atoms with Crippen molar-refractivity contribution >= 4 is 56.2 Å². The lowest BCUT2D eigenvalue weighted by Gasteiger charge is -2.12. The highest BCUT2D eigenvalue weighted by molar-refractivity contribution is 14.1. The van der Waals surface area contributed by atoms with E-state index < -0.39 is 5.91 Å². The number of phenolic OH excluding ortho intramolecular Hbond substituents is 1. The fourth-order valence-corrected chi connectivity index (χ4v) is 4.36. The number of nitrogens with zero attached hydrogens (tertiary/aromatic N) is 1. The number of hydrogen-bond donors (Lipinski definition) is 2. The van der Waals surface area contributed by atoms with Gasteiger partial charge in [0, 0.05) is 5.69 Å². The number of rotatable bonds is 6. The van der Waals surface area contributed by atoms with Gasteiger partial charge in [0.2, 0.25) is 0 Å². The SMILES string of the molecule is N#C/C(=C\c1cc(Br)c(OCc2ccc(F)cc2)c(I)c1)C(=O)Nc1ccc(O)cc1. The summed E-state index contributed by atoms with van der Waals surface area (Å²) < 4.78 is 20.3. The molecule has 0 bridgehead atoms. The molecular weight excluding hydrogens is 578 g/mol. The largest absolute Gasteiger partial charge is 0.508 e. The summed E-state index contributed by atoms with van der Waals surface area (Å²) in [5, 5.41) is 21.4. The van der Waals surface area contributed by atoms with E-state index in [1.807, 2.05) is 6.07 Å². The van der Waals surface area contributed by atoms with E-state index in [9.17, 15) is 19.6 Å². The summed E-state index contributed by atoms with van der Waals surface area (Å²) in [7, 11) is 0. The maximum Gasteiger partial charge on any atom is 0.266 e. The quantitative estimate of drug-likeness (QED) is 0.159. The molecule has 0 aliphatic rings. The molecule has 156 valence electrons. The van der Waals surface area contributed by atoms with Crippen LogP contribution in [0.3, 0.4) is 0 Å². The summed E-state index contributed by atoms with van der Waals surface area (Å²) in [5.74, 6) is -0.182. The van der Waals surface area contributed by atoms with Gasteiger partial charge in [-0.1, -0.05) is 12.1 Å². The molecule has 0 saturated carbocycles. The lowest BCUT2D eigenvalue weighted by atomic mass is 10.1. The molecule has 5 nitrogen and oxygen atoms in total. The molecule has 8 heteroatoms. The van der Waals surface area contributed by atoms with Crippen LogP contribution in [0.1, 0.15) is 11.1 Å². The Morgan fingerprint density at radius 3 is 2.48 bits per heavy atom. The van der Waals surface area contributed by atoms with Crippen LogP contribution in [0.25, 0.3) is 6.08 Å². The number of phenols is 1. The number of halogens is 3. The molecule has 3 aromatic rings. The van der Waals surface area contributed by atoms with Crippen molar-refractivity contribution in [2.24, 2.45) is 0 Å². The maximum atomic E-state index is 13.0. The lowest BCUT2D eigenvalue weighted by Crippen LogP contribution is -2.13. The van der Waals surface area contributed by atoms with E-state index in [-0.39, 0.29) is 23.7 Å². The van der Waals surface area contributed by atoms with Gasteiger partial charge in [0.1, 0.15) is 35.6 Å². The van der Waals surface area contributed by atoms with Crippen LogP contribution in [0, 0.1) is 20.7 Å². The Bertz CT molecular complexity index is 1150. The van der Waals surface area contributed by atoms with Gasteiger partial charge >= 0.3 is 0 Å².